The monoisotopic (exact) mass is 583 g/mol. The number of nitrogens with zero attached hydrogens (tertiary/aromatic N) is 2. The van der Waals surface area contributed by atoms with Crippen molar-refractivity contribution in [2.24, 2.45) is 11.7 Å². The summed E-state index contributed by atoms with van der Waals surface area (Å²) in [6.45, 7) is 5.02. The minimum atomic E-state index is -1.35. The van der Waals surface area contributed by atoms with E-state index in [2.05, 4.69) is 25.9 Å². The fourth-order valence-corrected chi connectivity index (χ4v) is 4.85. The highest BCUT2D eigenvalue weighted by Crippen LogP contribution is 2.21. The molecule has 8 N–H and O–H groups in total. The number of carbonyl (C=O) groups is 5. The predicted octanol–water partition coefficient (Wildman–Crippen LogP) is -1.40. The minimum Gasteiger partial charge on any atom is -0.480 e. The predicted molar refractivity (Wildman–Crippen MR) is 148 cm³/mol. The van der Waals surface area contributed by atoms with Crippen LogP contribution in [0, 0.1) is 5.92 Å². The van der Waals surface area contributed by atoms with E-state index in [1.165, 1.54) is 36.1 Å². The second kappa shape index (κ2) is 15.6. The van der Waals surface area contributed by atoms with Gasteiger partial charge in [0.2, 0.25) is 23.6 Å². The van der Waals surface area contributed by atoms with Gasteiger partial charge in [0, 0.05) is 24.9 Å². The highest BCUT2D eigenvalue weighted by molar-refractivity contribution is 7.98. The van der Waals surface area contributed by atoms with Gasteiger partial charge in [-0.1, -0.05) is 13.8 Å². The van der Waals surface area contributed by atoms with E-state index in [9.17, 15) is 34.2 Å². The first kappa shape index (κ1) is 33.0. The number of thioether (sulfide) groups is 1. The molecule has 2 heterocycles. The minimum absolute atomic E-state index is 0.0141. The number of carboxylic acid groups (broad SMARTS) is 1. The summed E-state index contributed by atoms with van der Waals surface area (Å²) < 4.78 is 0. The molecule has 14 nitrogen and oxygen atoms in total. The average molecular weight is 584 g/mol. The van der Waals surface area contributed by atoms with Gasteiger partial charge in [0.05, 0.1) is 18.5 Å². The summed E-state index contributed by atoms with van der Waals surface area (Å²) in [6.07, 6.45) is 4.68. The third-order valence-electron chi connectivity index (χ3n) is 6.69. The molecule has 0 aromatic carbocycles. The lowest BCUT2D eigenvalue weighted by atomic mass is 10.0. The first-order valence-corrected chi connectivity index (χ1v) is 14.6. The number of rotatable bonds is 15. The summed E-state index contributed by atoms with van der Waals surface area (Å²) in [5, 5.41) is 27.4. The molecule has 4 amide bonds. The van der Waals surface area contributed by atoms with Gasteiger partial charge in [-0.2, -0.15) is 11.8 Å². The molecule has 0 bridgehead atoms. The number of aromatic nitrogens is 2. The number of hydrogen-bond acceptors (Lipinski definition) is 9. The maximum Gasteiger partial charge on any atom is 0.326 e. The van der Waals surface area contributed by atoms with E-state index in [1.54, 1.807) is 13.8 Å². The fraction of sp³-hybridized carbons (Fsp3) is 0.680. The SMILES string of the molecule is CSCC[C@H](N)C(=O)N[C@H](C(=O)N[C@H](C(=O)N1CCC[C@H]1C(=O)N[C@@H](Cc1cnc[nH]1)C(=O)O)C(C)C)[C@@H](C)O. The van der Waals surface area contributed by atoms with Crippen molar-refractivity contribution in [1.29, 1.82) is 0 Å². The van der Waals surface area contributed by atoms with Crippen molar-refractivity contribution in [2.45, 2.75) is 82.8 Å². The summed E-state index contributed by atoms with van der Waals surface area (Å²) in [6, 6.07) is -5.43. The van der Waals surface area contributed by atoms with E-state index in [4.69, 9.17) is 5.73 Å². The molecule has 0 spiro atoms. The molecule has 15 heteroatoms. The molecule has 1 aliphatic heterocycles. The van der Waals surface area contributed by atoms with Gasteiger partial charge < -0.3 is 41.8 Å². The first-order chi connectivity index (χ1) is 18.9. The molecule has 0 saturated carbocycles. The van der Waals surface area contributed by atoms with E-state index in [1.807, 2.05) is 6.26 Å². The number of H-pyrrole nitrogens is 1. The van der Waals surface area contributed by atoms with Gasteiger partial charge in [-0.25, -0.2) is 9.78 Å². The largest absolute Gasteiger partial charge is 0.480 e. The number of aliphatic carboxylic acids is 1. The van der Waals surface area contributed by atoms with Crippen molar-refractivity contribution >= 4 is 41.4 Å². The number of aromatic amines is 1. The topological polar surface area (TPSA) is 220 Å². The highest BCUT2D eigenvalue weighted by Gasteiger charge is 2.40. The molecule has 0 unspecified atom stereocenters. The Morgan fingerprint density at radius 1 is 1.15 bits per heavy atom. The first-order valence-electron chi connectivity index (χ1n) is 13.2. The molecule has 40 heavy (non-hydrogen) atoms. The maximum absolute atomic E-state index is 13.6. The Balaban J connectivity index is 2.12. The number of aliphatic hydroxyl groups is 1. The number of aliphatic hydroxyl groups excluding tert-OH is 1. The van der Waals surface area contributed by atoms with Crippen LogP contribution in [-0.2, 0) is 30.4 Å². The second-order valence-electron chi connectivity index (χ2n) is 10.2. The lowest BCUT2D eigenvalue weighted by molar-refractivity contribution is -0.145. The van der Waals surface area contributed by atoms with Crippen LogP contribution in [0.1, 0.15) is 45.7 Å². The van der Waals surface area contributed by atoms with E-state index in [-0.39, 0.29) is 13.0 Å². The van der Waals surface area contributed by atoms with E-state index < -0.39 is 71.8 Å². The van der Waals surface area contributed by atoms with Crippen LogP contribution in [0.3, 0.4) is 0 Å². The molecule has 0 aliphatic carbocycles. The Labute approximate surface area is 237 Å². The third-order valence-corrected chi connectivity index (χ3v) is 7.34. The molecular weight excluding hydrogens is 542 g/mol. The molecule has 1 aromatic heterocycles. The lowest BCUT2D eigenvalue weighted by Gasteiger charge is -2.32. The van der Waals surface area contributed by atoms with Crippen LogP contribution in [0.15, 0.2) is 12.5 Å². The fourth-order valence-electron chi connectivity index (χ4n) is 4.36. The Bertz CT molecular complexity index is 1020. The van der Waals surface area contributed by atoms with Crippen LogP contribution in [-0.4, -0.2) is 110 Å². The number of nitrogens with two attached hydrogens (primary N) is 1. The third kappa shape index (κ3) is 9.20. The molecule has 1 fully saturated rings. The molecule has 6 atom stereocenters. The molecule has 2 rings (SSSR count). The highest BCUT2D eigenvalue weighted by atomic mass is 32.2. The van der Waals surface area contributed by atoms with Gasteiger partial charge in [-0.15, -0.1) is 0 Å². The summed E-state index contributed by atoms with van der Waals surface area (Å²) in [5.74, 6) is -3.48. The molecule has 1 aromatic rings. The van der Waals surface area contributed by atoms with Gasteiger partial charge >= 0.3 is 5.97 Å². The number of imidazole rings is 1. The number of carboxylic acids is 1. The summed E-state index contributed by atoms with van der Waals surface area (Å²) in [4.78, 5) is 72.0. The van der Waals surface area contributed by atoms with Gasteiger partial charge in [0.15, 0.2) is 0 Å². The molecular formula is C25H41N7O7S. The van der Waals surface area contributed by atoms with E-state index in [0.29, 0.717) is 30.7 Å². The average Bonchev–Trinajstić information content (AvgIpc) is 3.59. The molecule has 1 aliphatic rings. The van der Waals surface area contributed by atoms with E-state index >= 15 is 0 Å². The summed E-state index contributed by atoms with van der Waals surface area (Å²) in [5.41, 5.74) is 6.41. The Kier molecular flexibility index (Phi) is 12.9. The van der Waals surface area contributed by atoms with Crippen molar-refractivity contribution < 1.29 is 34.2 Å². The quantitative estimate of drug-likeness (QED) is 0.128. The maximum atomic E-state index is 13.6. The molecule has 224 valence electrons. The van der Waals surface area contributed by atoms with Crippen molar-refractivity contribution in [2.75, 3.05) is 18.6 Å². The van der Waals surface area contributed by atoms with Crippen molar-refractivity contribution in [1.82, 2.24) is 30.8 Å². The number of likely N-dealkylation sites (tertiary alicyclic amines) is 1. The van der Waals surface area contributed by atoms with Crippen LogP contribution >= 0.6 is 11.8 Å². The van der Waals surface area contributed by atoms with Crippen LogP contribution in [0.25, 0.3) is 0 Å². The Hall–Kier alpha value is -3.17. The van der Waals surface area contributed by atoms with E-state index in [0.717, 1.165) is 0 Å². The standard InChI is InChI=1S/C25H41N7O7S/c1-13(2)19(30-23(36)20(14(3)33)31-21(34)16(26)7-9-40-4)24(37)32-8-5-6-18(32)22(35)29-17(25(38)39)10-15-11-27-12-28-15/h11-14,16-20,33H,5-10,26H2,1-4H3,(H,27,28)(H,29,35)(H,30,36)(H,31,34)(H,38,39)/t14-,16+,17+,18+,19+,20+/m1/s1. The number of amides is 4. The Morgan fingerprint density at radius 2 is 1.82 bits per heavy atom. The zero-order valence-electron chi connectivity index (χ0n) is 23.3. The zero-order chi connectivity index (χ0) is 30.0. The lowest BCUT2D eigenvalue weighted by Crippen LogP contribution is -2.61. The Morgan fingerprint density at radius 3 is 2.38 bits per heavy atom. The summed E-state index contributed by atoms with van der Waals surface area (Å²) in [7, 11) is 0. The molecule has 1 saturated heterocycles. The van der Waals surface area contributed by atoms with Crippen LogP contribution in [0.5, 0.6) is 0 Å². The van der Waals surface area contributed by atoms with Crippen molar-refractivity contribution in [3.05, 3.63) is 18.2 Å². The number of hydrogen-bond donors (Lipinski definition) is 7. The van der Waals surface area contributed by atoms with Crippen LogP contribution in [0.4, 0.5) is 0 Å². The van der Waals surface area contributed by atoms with Gasteiger partial charge in [-0.05, 0) is 44.1 Å². The molecule has 0 radical (unpaired) electrons. The summed E-state index contributed by atoms with van der Waals surface area (Å²) >= 11 is 1.52. The smallest absolute Gasteiger partial charge is 0.326 e. The van der Waals surface area contributed by atoms with Gasteiger partial charge in [0.25, 0.3) is 0 Å². The van der Waals surface area contributed by atoms with Gasteiger partial charge in [-0.3, -0.25) is 19.2 Å². The van der Waals surface area contributed by atoms with Crippen LogP contribution < -0.4 is 21.7 Å². The zero-order valence-corrected chi connectivity index (χ0v) is 24.1. The van der Waals surface area contributed by atoms with Crippen molar-refractivity contribution in [3.63, 3.8) is 0 Å². The van der Waals surface area contributed by atoms with Crippen LogP contribution in [0.2, 0.25) is 0 Å². The number of nitrogens with one attached hydrogen (secondary N) is 4. The second-order valence-corrected chi connectivity index (χ2v) is 11.2. The normalized spacial score (nSPS) is 18.9. The van der Waals surface area contributed by atoms with Crippen molar-refractivity contribution in [3.8, 4) is 0 Å². The van der Waals surface area contributed by atoms with Gasteiger partial charge in [0.1, 0.15) is 24.2 Å². The number of carbonyl (C=O) groups excluding carboxylic acids is 4.